The van der Waals surface area contributed by atoms with Gasteiger partial charge in [0.15, 0.2) is 12.5 Å². The smallest absolute Gasteiger partial charge is 0.243 e. The number of carbonyl (C=O) groups excluding carboxylic acids is 2. The van der Waals surface area contributed by atoms with Gasteiger partial charge in [-0.25, -0.2) is 4.39 Å². The summed E-state index contributed by atoms with van der Waals surface area (Å²) < 4.78 is 19.9. The molecule has 0 bridgehead atoms. The van der Waals surface area contributed by atoms with E-state index in [0.29, 0.717) is 37.4 Å². The maximum absolute atomic E-state index is 14.5. The SMILES string of the molecule is CN1CN(c2ccc(N3CC(CN)OC3C=O)cc2F)CC1=O. The van der Waals surface area contributed by atoms with Crippen LogP contribution in [0.25, 0.3) is 0 Å². The number of ether oxygens (including phenoxy) is 1. The van der Waals surface area contributed by atoms with E-state index in [2.05, 4.69) is 0 Å². The average Bonchev–Trinajstić information content (AvgIpc) is 3.10. The lowest BCUT2D eigenvalue weighted by Crippen LogP contribution is -2.32. The van der Waals surface area contributed by atoms with Crippen LogP contribution in [0.2, 0.25) is 0 Å². The predicted molar refractivity (Wildman–Crippen MR) is 82.5 cm³/mol. The molecule has 2 unspecified atom stereocenters. The number of halogens is 1. The molecule has 0 saturated carbocycles. The van der Waals surface area contributed by atoms with Crippen LogP contribution >= 0.6 is 0 Å². The number of aldehydes is 1. The highest BCUT2D eigenvalue weighted by Gasteiger charge is 2.33. The highest BCUT2D eigenvalue weighted by molar-refractivity contribution is 5.84. The molecule has 2 aliphatic heterocycles. The number of likely N-dealkylation sites (N-methyl/N-ethyl adjacent to an activating group) is 1. The molecule has 1 amide bonds. The topological polar surface area (TPSA) is 79.1 Å². The fourth-order valence-corrected chi connectivity index (χ4v) is 2.89. The Bertz CT molecular complexity index is 627. The van der Waals surface area contributed by atoms with Crippen LogP contribution in [0.3, 0.4) is 0 Å². The van der Waals surface area contributed by atoms with Gasteiger partial charge in [0.25, 0.3) is 0 Å². The molecule has 124 valence electrons. The highest BCUT2D eigenvalue weighted by atomic mass is 19.1. The van der Waals surface area contributed by atoms with Crippen molar-refractivity contribution in [2.75, 3.05) is 43.2 Å². The number of carbonyl (C=O) groups is 2. The van der Waals surface area contributed by atoms with E-state index in [9.17, 15) is 14.0 Å². The summed E-state index contributed by atoms with van der Waals surface area (Å²) in [6, 6.07) is 4.70. The van der Waals surface area contributed by atoms with Gasteiger partial charge in [0.2, 0.25) is 5.91 Å². The molecule has 2 saturated heterocycles. The van der Waals surface area contributed by atoms with E-state index in [4.69, 9.17) is 10.5 Å². The van der Waals surface area contributed by atoms with Crippen LogP contribution in [0.4, 0.5) is 15.8 Å². The van der Waals surface area contributed by atoms with Crippen molar-refractivity contribution in [3.63, 3.8) is 0 Å². The Morgan fingerprint density at radius 2 is 2.26 bits per heavy atom. The molecule has 23 heavy (non-hydrogen) atoms. The zero-order valence-electron chi connectivity index (χ0n) is 12.8. The minimum Gasteiger partial charge on any atom is -0.345 e. The van der Waals surface area contributed by atoms with Gasteiger partial charge in [0.1, 0.15) is 5.82 Å². The Morgan fingerprint density at radius 1 is 1.48 bits per heavy atom. The Kier molecular flexibility index (Phi) is 4.18. The second-order valence-corrected chi connectivity index (χ2v) is 5.74. The summed E-state index contributed by atoms with van der Waals surface area (Å²) in [6.45, 7) is 1.24. The van der Waals surface area contributed by atoms with Crippen LogP contribution in [0.5, 0.6) is 0 Å². The third-order valence-corrected chi connectivity index (χ3v) is 4.16. The third-order valence-electron chi connectivity index (χ3n) is 4.16. The van der Waals surface area contributed by atoms with Crippen molar-refractivity contribution in [2.45, 2.75) is 12.3 Å². The zero-order valence-corrected chi connectivity index (χ0v) is 12.8. The molecule has 0 spiro atoms. The number of anilines is 2. The Morgan fingerprint density at radius 3 is 2.83 bits per heavy atom. The largest absolute Gasteiger partial charge is 0.345 e. The van der Waals surface area contributed by atoms with Crippen molar-refractivity contribution in [2.24, 2.45) is 5.73 Å². The first-order valence-corrected chi connectivity index (χ1v) is 7.39. The molecule has 3 rings (SSSR count). The van der Waals surface area contributed by atoms with Crippen LogP contribution in [-0.4, -0.2) is 62.8 Å². The zero-order chi connectivity index (χ0) is 16.6. The van der Waals surface area contributed by atoms with E-state index in [1.807, 2.05) is 0 Å². The molecule has 1 aromatic carbocycles. The lowest BCUT2D eigenvalue weighted by Gasteiger charge is -2.23. The van der Waals surface area contributed by atoms with Gasteiger partial charge < -0.3 is 25.2 Å². The standard InChI is InChI=1S/C15H19FN4O3/c1-18-9-19(7-14(18)22)13-3-2-10(4-12(13)16)20-6-11(5-17)23-15(20)8-21/h2-4,8,11,15H,5-7,9,17H2,1H3. The lowest BCUT2D eigenvalue weighted by molar-refractivity contribution is -0.125. The number of nitrogens with two attached hydrogens (primary N) is 1. The van der Waals surface area contributed by atoms with Crippen molar-refractivity contribution >= 4 is 23.6 Å². The molecule has 2 aliphatic rings. The second kappa shape index (κ2) is 6.13. The van der Waals surface area contributed by atoms with E-state index >= 15 is 0 Å². The normalized spacial score (nSPS) is 24.7. The Hall–Kier alpha value is -2.19. The van der Waals surface area contributed by atoms with E-state index in [1.165, 1.54) is 11.0 Å². The van der Waals surface area contributed by atoms with E-state index in [-0.39, 0.29) is 18.6 Å². The molecule has 0 aliphatic carbocycles. The minimum absolute atomic E-state index is 0.0479. The molecular formula is C15H19FN4O3. The monoisotopic (exact) mass is 322 g/mol. The molecule has 0 radical (unpaired) electrons. The van der Waals surface area contributed by atoms with Crippen LogP contribution < -0.4 is 15.5 Å². The van der Waals surface area contributed by atoms with Crippen LogP contribution in [0.1, 0.15) is 0 Å². The third kappa shape index (κ3) is 2.87. The molecular weight excluding hydrogens is 303 g/mol. The number of benzene rings is 1. The van der Waals surface area contributed by atoms with Gasteiger partial charge in [-0.2, -0.15) is 0 Å². The summed E-state index contributed by atoms with van der Waals surface area (Å²) in [7, 11) is 1.68. The quantitative estimate of drug-likeness (QED) is 0.770. The van der Waals surface area contributed by atoms with Gasteiger partial charge >= 0.3 is 0 Å². The number of hydrogen-bond donors (Lipinski definition) is 1. The lowest BCUT2D eigenvalue weighted by atomic mass is 10.2. The van der Waals surface area contributed by atoms with Gasteiger partial charge in [-0.3, -0.25) is 9.59 Å². The Labute approximate surface area is 133 Å². The summed E-state index contributed by atoms with van der Waals surface area (Å²) in [5, 5.41) is 0. The second-order valence-electron chi connectivity index (χ2n) is 5.74. The molecule has 0 aromatic heterocycles. The summed E-state index contributed by atoms with van der Waals surface area (Å²) in [5.74, 6) is -0.486. The first-order chi connectivity index (χ1) is 11.0. The fraction of sp³-hybridized carbons (Fsp3) is 0.467. The number of amides is 1. The van der Waals surface area contributed by atoms with Gasteiger partial charge in [-0.1, -0.05) is 0 Å². The van der Waals surface area contributed by atoms with E-state index < -0.39 is 12.0 Å². The molecule has 1 aromatic rings. The maximum Gasteiger partial charge on any atom is 0.243 e. The predicted octanol–water partition coefficient (Wildman–Crippen LogP) is -0.249. The first-order valence-electron chi connectivity index (χ1n) is 7.39. The van der Waals surface area contributed by atoms with Crippen molar-refractivity contribution in [1.29, 1.82) is 0 Å². The number of hydrogen-bond acceptors (Lipinski definition) is 6. The minimum atomic E-state index is -0.756. The highest BCUT2D eigenvalue weighted by Crippen LogP contribution is 2.29. The van der Waals surface area contributed by atoms with E-state index in [1.54, 1.807) is 29.0 Å². The van der Waals surface area contributed by atoms with E-state index in [0.717, 1.165) is 0 Å². The number of rotatable bonds is 4. The van der Waals surface area contributed by atoms with Gasteiger partial charge in [-0.05, 0) is 18.2 Å². The molecule has 2 heterocycles. The van der Waals surface area contributed by atoms with Crippen molar-refractivity contribution in [3.8, 4) is 0 Å². The van der Waals surface area contributed by atoms with Gasteiger partial charge in [0, 0.05) is 25.8 Å². The summed E-state index contributed by atoms with van der Waals surface area (Å²) in [5.41, 5.74) is 6.49. The first kappa shape index (κ1) is 15.7. The maximum atomic E-state index is 14.5. The summed E-state index contributed by atoms with van der Waals surface area (Å²) in [4.78, 5) is 27.6. The molecule has 2 atom stereocenters. The van der Waals surface area contributed by atoms with Crippen LogP contribution in [-0.2, 0) is 14.3 Å². The molecule has 7 nitrogen and oxygen atoms in total. The molecule has 2 fully saturated rings. The average molecular weight is 322 g/mol. The summed E-state index contributed by atoms with van der Waals surface area (Å²) >= 11 is 0. The van der Waals surface area contributed by atoms with Crippen molar-refractivity contribution in [3.05, 3.63) is 24.0 Å². The molecule has 8 heteroatoms. The fourth-order valence-electron chi connectivity index (χ4n) is 2.89. The van der Waals surface area contributed by atoms with Crippen molar-refractivity contribution < 1.29 is 18.7 Å². The summed E-state index contributed by atoms with van der Waals surface area (Å²) in [6.07, 6.45) is -0.332. The number of nitrogens with zero attached hydrogens (tertiary/aromatic N) is 3. The van der Waals surface area contributed by atoms with Gasteiger partial charge in [-0.15, -0.1) is 0 Å². The van der Waals surface area contributed by atoms with Crippen LogP contribution in [0.15, 0.2) is 18.2 Å². The van der Waals surface area contributed by atoms with Gasteiger partial charge in [0.05, 0.1) is 25.0 Å². The van der Waals surface area contributed by atoms with Crippen molar-refractivity contribution in [1.82, 2.24) is 4.90 Å². The molecule has 2 N–H and O–H groups in total. The van der Waals surface area contributed by atoms with Crippen LogP contribution in [0, 0.1) is 5.82 Å². The Balaban J connectivity index is 1.82.